The molecule has 3 aromatic rings. The summed E-state index contributed by atoms with van der Waals surface area (Å²) in [7, 11) is 0. The summed E-state index contributed by atoms with van der Waals surface area (Å²) in [4.78, 5) is 17.5. The van der Waals surface area contributed by atoms with Gasteiger partial charge in [0.05, 0.1) is 23.1 Å². The van der Waals surface area contributed by atoms with E-state index in [2.05, 4.69) is 16.8 Å². The molecule has 6 heteroatoms. The largest absolute Gasteiger partial charge is 0.386 e. The van der Waals surface area contributed by atoms with Gasteiger partial charge < -0.3 is 9.67 Å². The van der Waals surface area contributed by atoms with Gasteiger partial charge in [0.1, 0.15) is 5.82 Å². The van der Waals surface area contributed by atoms with Crippen LogP contribution in [0.5, 0.6) is 0 Å². The minimum atomic E-state index is -0.965. The summed E-state index contributed by atoms with van der Waals surface area (Å²) in [5.74, 6) is 0.0238. The first-order valence-corrected chi connectivity index (χ1v) is 10.4. The number of aryl methyl sites for hydroxylation is 1. The summed E-state index contributed by atoms with van der Waals surface area (Å²) in [6.45, 7) is 7.49. The smallest absolute Gasteiger partial charge is 0.231 e. The predicted octanol–water partition coefficient (Wildman–Crippen LogP) is 4.79. The Morgan fingerprint density at radius 1 is 1.27 bits per heavy atom. The molecule has 1 amide bonds. The fraction of sp³-hybridized carbons (Fsp3) is 0.417. The Morgan fingerprint density at radius 3 is 2.60 bits per heavy atom. The van der Waals surface area contributed by atoms with Gasteiger partial charge in [-0.05, 0) is 87.9 Å². The quantitative estimate of drug-likeness (QED) is 0.637. The number of anilines is 1. The van der Waals surface area contributed by atoms with Gasteiger partial charge in [0.2, 0.25) is 11.9 Å². The van der Waals surface area contributed by atoms with Crippen LogP contribution in [0.3, 0.4) is 0 Å². The lowest BCUT2D eigenvalue weighted by atomic mass is 9.78. The van der Waals surface area contributed by atoms with Crippen molar-refractivity contribution >= 4 is 22.9 Å². The van der Waals surface area contributed by atoms with Crippen molar-refractivity contribution < 1.29 is 14.3 Å². The molecule has 1 aliphatic carbocycles. The van der Waals surface area contributed by atoms with Gasteiger partial charge in [-0.3, -0.25) is 10.1 Å². The number of amides is 1. The summed E-state index contributed by atoms with van der Waals surface area (Å²) in [6, 6.07) is 10.2. The highest BCUT2D eigenvalue weighted by atomic mass is 19.1. The van der Waals surface area contributed by atoms with Crippen molar-refractivity contribution in [1.29, 1.82) is 0 Å². The van der Waals surface area contributed by atoms with Crippen molar-refractivity contribution in [3.05, 3.63) is 58.9 Å². The maximum absolute atomic E-state index is 13.4. The van der Waals surface area contributed by atoms with Gasteiger partial charge in [-0.25, -0.2) is 9.37 Å². The van der Waals surface area contributed by atoms with Crippen molar-refractivity contribution in [2.75, 3.05) is 5.32 Å². The summed E-state index contributed by atoms with van der Waals surface area (Å²) < 4.78 is 15.5. The van der Waals surface area contributed by atoms with E-state index in [4.69, 9.17) is 4.98 Å². The van der Waals surface area contributed by atoms with E-state index in [1.54, 1.807) is 26.8 Å². The average molecular weight is 410 g/mol. The zero-order valence-electron chi connectivity index (χ0n) is 17.9. The summed E-state index contributed by atoms with van der Waals surface area (Å²) >= 11 is 0. The van der Waals surface area contributed by atoms with E-state index in [1.165, 1.54) is 12.1 Å². The average Bonchev–Trinajstić information content (AvgIpc) is 2.98. The number of aromatic nitrogens is 2. The highest BCUT2D eigenvalue weighted by molar-refractivity contribution is 5.93. The van der Waals surface area contributed by atoms with Gasteiger partial charge in [0.15, 0.2) is 0 Å². The molecular weight excluding hydrogens is 381 g/mol. The Kier molecular flexibility index (Phi) is 4.93. The minimum Gasteiger partial charge on any atom is -0.386 e. The van der Waals surface area contributed by atoms with E-state index >= 15 is 0 Å². The number of hydrogen-bond acceptors (Lipinski definition) is 3. The first-order chi connectivity index (χ1) is 14.1. The molecule has 30 heavy (non-hydrogen) atoms. The third kappa shape index (κ3) is 3.72. The molecule has 1 saturated carbocycles. The van der Waals surface area contributed by atoms with Crippen LogP contribution < -0.4 is 5.32 Å². The Bertz CT molecular complexity index is 1120. The monoisotopic (exact) mass is 409 g/mol. The third-order valence-corrected chi connectivity index (χ3v) is 6.24. The fourth-order valence-electron chi connectivity index (χ4n) is 4.20. The van der Waals surface area contributed by atoms with Crippen LogP contribution in [0, 0.1) is 12.7 Å². The molecular formula is C24H28FN3O2. The molecule has 2 N–H and O–H groups in total. The molecule has 0 unspecified atom stereocenters. The maximum atomic E-state index is 13.4. The number of fused-ring (bicyclic) bond motifs is 1. The lowest BCUT2D eigenvalue weighted by Gasteiger charge is -2.41. The van der Waals surface area contributed by atoms with Crippen LogP contribution >= 0.6 is 0 Å². The zero-order chi connectivity index (χ0) is 21.7. The van der Waals surface area contributed by atoms with Crippen LogP contribution in [-0.2, 0) is 22.4 Å². The number of imidazole rings is 1. The van der Waals surface area contributed by atoms with E-state index in [-0.39, 0.29) is 23.7 Å². The maximum Gasteiger partial charge on any atom is 0.231 e. The number of rotatable bonds is 5. The molecule has 0 bridgehead atoms. The minimum absolute atomic E-state index is 0.124. The number of hydrogen-bond donors (Lipinski definition) is 2. The van der Waals surface area contributed by atoms with Crippen molar-refractivity contribution in [2.45, 2.75) is 64.5 Å². The number of carbonyl (C=O) groups is 1. The molecule has 0 radical (unpaired) electrons. The molecule has 1 aromatic heterocycles. The number of benzene rings is 2. The van der Waals surface area contributed by atoms with Crippen molar-refractivity contribution in [2.24, 2.45) is 0 Å². The molecule has 0 spiro atoms. The normalized spacial score (nSPS) is 15.8. The Labute approximate surface area is 175 Å². The molecule has 1 fully saturated rings. The van der Waals surface area contributed by atoms with Gasteiger partial charge >= 0.3 is 0 Å². The molecule has 0 atom stereocenters. The fourth-order valence-corrected chi connectivity index (χ4v) is 4.20. The summed E-state index contributed by atoms with van der Waals surface area (Å²) in [5.41, 5.74) is 2.94. The Morgan fingerprint density at radius 2 is 2.00 bits per heavy atom. The lowest BCUT2D eigenvalue weighted by molar-refractivity contribution is -0.115. The van der Waals surface area contributed by atoms with Gasteiger partial charge in [-0.2, -0.15) is 0 Å². The molecule has 158 valence electrons. The standard InChI is InChI=1S/C24H28FN3O2/c1-15-12-18(25)8-6-16(15)13-21(29)27-22-26-19-9-7-17(23(2,3)30)14-20(19)28(22)24(4)10-5-11-24/h6-9,12,14,30H,5,10-11,13H2,1-4H3,(H,26,27,29). The first kappa shape index (κ1) is 20.5. The highest BCUT2D eigenvalue weighted by Crippen LogP contribution is 2.43. The SMILES string of the molecule is Cc1cc(F)ccc1CC(=O)Nc1nc2ccc(C(C)(C)O)cc2n1C1(C)CCC1. The van der Waals surface area contributed by atoms with Crippen molar-refractivity contribution in [3.63, 3.8) is 0 Å². The number of carbonyl (C=O) groups excluding carboxylic acids is 1. The number of halogens is 1. The van der Waals surface area contributed by atoms with Crippen LogP contribution in [0.25, 0.3) is 11.0 Å². The second-order valence-corrected chi connectivity index (χ2v) is 9.18. The lowest BCUT2D eigenvalue weighted by Crippen LogP contribution is -2.38. The second kappa shape index (κ2) is 7.20. The van der Waals surface area contributed by atoms with Crippen LogP contribution in [0.2, 0.25) is 0 Å². The van der Waals surface area contributed by atoms with E-state index in [0.29, 0.717) is 5.95 Å². The molecule has 5 nitrogen and oxygen atoms in total. The zero-order valence-corrected chi connectivity index (χ0v) is 17.9. The molecule has 0 saturated heterocycles. The molecule has 1 heterocycles. The Hall–Kier alpha value is -2.73. The molecule has 2 aromatic carbocycles. The topological polar surface area (TPSA) is 67.2 Å². The van der Waals surface area contributed by atoms with Crippen molar-refractivity contribution in [3.8, 4) is 0 Å². The first-order valence-electron chi connectivity index (χ1n) is 10.4. The Balaban J connectivity index is 1.71. The van der Waals surface area contributed by atoms with Gasteiger partial charge in [0.25, 0.3) is 0 Å². The van der Waals surface area contributed by atoms with Crippen LogP contribution in [0.1, 0.15) is 56.7 Å². The van der Waals surface area contributed by atoms with Crippen LogP contribution in [0.4, 0.5) is 10.3 Å². The number of nitrogens with zero attached hydrogens (tertiary/aromatic N) is 2. The molecule has 1 aliphatic rings. The highest BCUT2D eigenvalue weighted by Gasteiger charge is 2.37. The van der Waals surface area contributed by atoms with E-state index in [0.717, 1.165) is 47.0 Å². The predicted molar refractivity (Wildman–Crippen MR) is 116 cm³/mol. The molecule has 4 rings (SSSR count). The van der Waals surface area contributed by atoms with Crippen LogP contribution in [-0.4, -0.2) is 20.6 Å². The van der Waals surface area contributed by atoms with E-state index in [1.807, 2.05) is 18.2 Å². The van der Waals surface area contributed by atoms with Crippen molar-refractivity contribution in [1.82, 2.24) is 9.55 Å². The number of aliphatic hydroxyl groups is 1. The van der Waals surface area contributed by atoms with Gasteiger partial charge in [0, 0.05) is 5.54 Å². The van der Waals surface area contributed by atoms with Crippen LogP contribution in [0.15, 0.2) is 36.4 Å². The van der Waals surface area contributed by atoms with Gasteiger partial charge in [-0.15, -0.1) is 0 Å². The van der Waals surface area contributed by atoms with E-state index in [9.17, 15) is 14.3 Å². The second-order valence-electron chi connectivity index (χ2n) is 9.18. The molecule has 0 aliphatic heterocycles. The summed E-state index contributed by atoms with van der Waals surface area (Å²) in [5, 5.41) is 13.4. The van der Waals surface area contributed by atoms with Gasteiger partial charge in [-0.1, -0.05) is 12.1 Å². The summed E-state index contributed by atoms with van der Waals surface area (Å²) in [6.07, 6.45) is 3.29. The van der Waals surface area contributed by atoms with E-state index < -0.39 is 5.60 Å². The third-order valence-electron chi connectivity index (χ3n) is 6.24. The number of nitrogens with one attached hydrogen (secondary N) is 1.